The summed E-state index contributed by atoms with van der Waals surface area (Å²) in [7, 11) is 0. The maximum atomic E-state index is 12.5. The van der Waals surface area contributed by atoms with E-state index in [0.29, 0.717) is 30.5 Å². The number of carbonyl (C=O) groups is 1. The molecule has 5 nitrogen and oxygen atoms in total. The van der Waals surface area contributed by atoms with E-state index in [1.165, 1.54) is 18.2 Å². The van der Waals surface area contributed by atoms with Gasteiger partial charge < -0.3 is 19.8 Å². The molecule has 1 fully saturated rings. The number of benzene rings is 2. The molecule has 1 heterocycles. The molecule has 0 bridgehead atoms. The summed E-state index contributed by atoms with van der Waals surface area (Å²) in [5, 5.41) is 19.8. The number of hydrogen-bond donors (Lipinski definition) is 2. The second-order valence-electron chi connectivity index (χ2n) is 5.88. The van der Waals surface area contributed by atoms with Crippen LogP contribution in [-0.2, 0) is 0 Å². The van der Waals surface area contributed by atoms with Crippen LogP contribution in [0.25, 0.3) is 0 Å². The van der Waals surface area contributed by atoms with E-state index in [4.69, 9.17) is 16.3 Å². The Hall–Kier alpha value is -2.40. The molecular weight excluding hydrogens is 330 g/mol. The van der Waals surface area contributed by atoms with Crippen molar-refractivity contribution in [1.29, 1.82) is 0 Å². The van der Waals surface area contributed by atoms with Gasteiger partial charge >= 0.3 is 0 Å². The average molecular weight is 348 g/mol. The molecule has 6 heteroatoms. The van der Waals surface area contributed by atoms with E-state index in [9.17, 15) is 15.0 Å². The van der Waals surface area contributed by atoms with Gasteiger partial charge in [0.25, 0.3) is 5.91 Å². The summed E-state index contributed by atoms with van der Waals surface area (Å²) in [6, 6.07) is 11.2. The van der Waals surface area contributed by atoms with Crippen LogP contribution in [-0.4, -0.2) is 40.7 Å². The fraction of sp³-hybridized carbons (Fsp3) is 0.278. The van der Waals surface area contributed by atoms with Crippen LogP contribution in [0.5, 0.6) is 17.2 Å². The van der Waals surface area contributed by atoms with Gasteiger partial charge in [0.2, 0.25) is 0 Å². The van der Waals surface area contributed by atoms with Crippen molar-refractivity contribution in [1.82, 2.24) is 4.90 Å². The summed E-state index contributed by atoms with van der Waals surface area (Å²) in [6.07, 6.45) is 0.838. The molecule has 1 aliphatic heterocycles. The molecule has 1 amide bonds. The van der Waals surface area contributed by atoms with E-state index in [0.717, 1.165) is 6.42 Å². The fourth-order valence-electron chi connectivity index (χ4n) is 2.80. The Kier molecular flexibility index (Phi) is 4.81. The van der Waals surface area contributed by atoms with Crippen molar-refractivity contribution in [3.8, 4) is 17.2 Å². The van der Waals surface area contributed by atoms with Crippen LogP contribution in [0.1, 0.15) is 16.8 Å². The summed E-state index contributed by atoms with van der Waals surface area (Å²) in [6.45, 7) is 1.69. The Morgan fingerprint density at radius 1 is 1.25 bits per heavy atom. The summed E-state index contributed by atoms with van der Waals surface area (Å²) in [5.74, 6) is 0.422. The summed E-state index contributed by atoms with van der Waals surface area (Å²) < 4.78 is 5.74. The number of likely N-dealkylation sites (tertiary alicyclic amines) is 1. The third-order valence-corrected chi connectivity index (χ3v) is 4.30. The molecule has 0 radical (unpaired) electrons. The van der Waals surface area contributed by atoms with Gasteiger partial charge in [0.1, 0.15) is 17.2 Å². The molecule has 1 atom stereocenters. The van der Waals surface area contributed by atoms with E-state index >= 15 is 0 Å². The van der Waals surface area contributed by atoms with E-state index in [2.05, 4.69) is 0 Å². The normalized spacial score (nSPS) is 17.0. The first-order valence-electron chi connectivity index (χ1n) is 7.72. The maximum Gasteiger partial charge on any atom is 0.257 e. The maximum absolute atomic E-state index is 12.5. The standard InChI is InChI=1S/C18H18ClNO4/c19-13-2-1-3-15(8-13)24-11-12-6-7-20(10-12)18(23)16-5-4-14(21)9-17(16)22/h1-5,8-9,12,21-22H,6-7,10-11H2. The van der Waals surface area contributed by atoms with E-state index in [1.807, 2.05) is 12.1 Å². The third kappa shape index (κ3) is 3.74. The van der Waals surface area contributed by atoms with Crippen molar-refractivity contribution in [2.75, 3.05) is 19.7 Å². The Bertz CT molecular complexity index is 750. The lowest BCUT2D eigenvalue weighted by Crippen LogP contribution is -2.29. The van der Waals surface area contributed by atoms with Crippen LogP contribution >= 0.6 is 11.6 Å². The molecule has 1 unspecified atom stereocenters. The van der Waals surface area contributed by atoms with Crippen molar-refractivity contribution in [2.45, 2.75) is 6.42 Å². The topological polar surface area (TPSA) is 70.0 Å². The number of halogens is 1. The van der Waals surface area contributed by atoms with Crippen LogP contribution in [0, 0.1) is 5.92 Å². The molecule has 0 aliphatic carbocycles. The molecule has 1 saturated heterocycles. The number of nitrogens with zero attached hydrogens (tertiary/aromatic N) is 1. The highest BCUT2D eigenvalue weighted by Crippen LogP contribution is 2.27. The zero-order valence-corrected chi connectivity index (χ0v) is 13.7. The van der Waals surface area contributed by atoms with E-state index in [-0.39, 0.29) is 28.9 Å². The molecular formula is C18H18ClNO4. The number of ether oxygens (including phenoxy) is 1. The minimum atomic E-state index is -0.238. The number of rotatable bonds is 4. The first-order chi connectivity index (χ1) is 11.5. The minimum Gasteiger partial charge on any atom is -0.508 e. The molecule has 3 rings (SSSR count). The summed E-state index contributed by atoms with van der Waals surface area (Å²) >= 11 is 5.92. The number of amides is 1. The molecule has 2 aromatic carbocycles. The highest BCUT2D eigenvalue weighted by atomic mass is 35.5. The van der Waals surface area contributed by atoms with Gasteiger partial charge in [-0.3, -0.25) is 4.79 Å². The number of phenols is 2. The molecule has 1 aliphatic rings. The van der Waals surface area contributed by atoms with Gasteiger partial charge in [-0.05, 0) is 36.8 Å². The molecule has 2 N–H and O–H groups in total. The SMILES string of the molecule is O=C(c1ccc(O)cc1O)N1CCC(COc2cccc(Cl)c2)C1. The van der Waals surface area contributed by atoms with Gasteiger partial charge in [-0.15, -0.1) is 0 Å². The second-order valence-corrected chi connectivity index (χ2v) is 6.31. The van der Waals surface area contributed by atoms with Crippen LogP contribution < -0.4 is 4.74 Å². The predicted molar refractivity (Wildman–Crippen MR) is 90.7 cm³/mol. The van der Waals surface area contributed by atoms with Crippen LogP contribution in [0.2, 0.25) is 5.02 Å². The second kappa shape index (κ2) is 7.01. The van der Waals surface area contributed by atoms with Crippen molar-refractivity contribution in [3.05, 3.63) is 53.1 Å². The Morgan fingerprint density at radius 2 is 2.08 bits per heavy atom. The van der Waals surface area contributed by atoms with E-state index in [1.54, 1.807) is 17.0 Å². The number of aromatic hydroxyl groups is 2. The van der Waals surface area contributed by atoms with Crippen molar-refractivity contribution in [3.63, 3.8) is 0 Å². The number of hydrogen-bond acceptors (Lipinski definition) is 4. The van der Waals surface area contributed by atoms with Gasteiger partial charge in [-0.2, -0.15) is 0 Å². The third-order valence-electron chi connectivity index (χ3n) is 4.07. The lowest BCUT2D eigenvalue weighted by atomic mass is 10.1. The van der Waals surface area contributed by atoms with Gasteiger partial charge in [0, 0.05) is 30.1 Å². The Balaban J connectivity index is 1.57. The zero-order chi connectivity index (χ0) is 17.1. The van der Waals surface area contributed by atoms with Gasteiger partial charge in [-0.1, -0.05) is 17.7 Å². The molecule has 0 saturated carbocycles. The van der Waals surface area contributed by atoms with Gasteiger partial charge in [-0.25, -0.2) is 0 Å². The average Bonchev–Trinajstić information content (AvgIpc) is 3.01. The Labute approximate surface area is 145 Å². The highest BCUT2D eigenvalue weighted by Gasteiger charge is 2.28. The van der Waals surface area contributed by atoms with Crippen molar-refractivity contribution >= 4 is 17.5 Å². The lowest BCUT2D eigenvalue weighted by Gasteiger charge is -2.17. The molecule has 2 aromatic rings. The highest BCUT2D eigenvalue weighted by molar-refractivity contribution is 6.30. The fourth-order valence-corrected chi connectivity index (χ4v) is 2.98. The molecule has 24 heavy (non-hydrogen) atoms. The molecule has 0 spiro atoms. The Morgan fingerprint density at radius 3 is 2.83 bits per heavy atom. The minimum absolute atomic E-state index is 0.0710. The van der Waals surface area contributed by atoms with Crippen LogP contribution in [0.4, 0.5) is 0 Å². The van der Waals surface area contributed by atoms with Crippen LogP contribution in [0.3, 0.4) is 0 Å². The smallest absolute Gasteiger partial charge is 0.257 e. The van der Waals surface area contributed by atoms with E-state index < -0.39 is 0 Å². The number of phenolic OH excluding ortho intramolecular Hbond substituents is 2. The first kappa shape index (κ1) is 16.5. The summed E-state index contributed by atoms with van der Waals surface area (Å²) in [5.41, 5.74) is 0.198. The summed E-state index contributed by atoms with van der Waals surface area (Å²) in [4.78, 5) is 14.2. The monoisotopic (exact) mass is 347 g/mol. The zero-order valence-electron chi connectivity index (χ0n) is 13.0. The predicted octanol–water partition coefficient (Wildman–Crippen LogP) is 3.29. The molecule has 126 valence electrons. The lowest BCUT2D eigenvalue weighted by molar-refractivity contribution is 0.0780. The first-order valence-corrected chi connectivity index (χ1v) is 8.10. The van der Waals surface area contributed by atoms with Gasteiger partial charge in [0.05, 0.1) is 12.2 Å². The molecule has 0 aromatic heterocycles. The van der Waals surface area contributed by atoms with Gasteiger partial charge in [0.15, 0.2) is 0 Å². The number of carbonyl (C=O) groups excluding carboxylic acids is 1. The quantitative estimate of drug-likeness (QED) is 0.890. The van der Waals surface area contributed by atoms with Crippen LogP contribution in [0.15, 0.2) is 42.5 Å². The van der Waals surface area contributed by atoms with Crippen molar-refractivity contribution < 1.29 is 19.7 Å². The van der Waals surface area contributed by atoms with Crippen molar-refractivity contribution in [2.24, 2.45) is 5.92 Å². The largest absolute Gasteiger partial charge is 0.508 e.